The Morgan fingerprint density at radius 1 is 0.506 bits per heavy atom. The van der Waals surface area contributed by atoms with Crippen LogP contribution in [0.1, 0.15) is 268 Å². The van der Waals surface area contributed by atoms with E-state index in [2.05, 4.69) is 31.4 Å². The van der Waals surface area contributed by atoms with Gasteiger partial charge in [-0.2, -0.15) is 0 Å². The second-order valence-corrected chi connectivity index (χ2v) is 22.6. The second kappa shape index (κ2) is 46.9. The lowest BCUT2D eigenvalue weighted by Crippen LogP contribution is -2.67. The molecule has 0 bridgehead atoms. The zero-order chi connectivity index (χ0) is 60.2. The fourth-order valence-electron chi connectivity index (χ4n) is 10.3. The molecule has 9 unspecified atom stereocenters. The molecule has 18 nitrogen and oxygen atoms in total. The van der Waals surface area contributed by atoms with Crippen LogP contribution in [-0.4, -0.2) is 116 Å². The summed E-state index contributed by atoms with van der Waals surface area (Å²) in [6, 6.07) is -2.74. The molecule has 9 atom stereocenters. The Labute approximate surface area is 487 Å². The lowest BCUT2D eigenvalue weighted by atomic mass is 9.95. The molecule has 0 radical (unpaired) electrons. The maximum absolute atomic E-state index is 14.5. The predicted molar refractivity (Wildman–Crippen MR) is 311 cm³/mol. The first kappa shape index (κ1) is 74.4. The van der Waals surface area contributed by atoms with Crippen molar-refractivity contribution in [3.63, 3.8) is 0 Å². The van der Waals surface area contributed by atoms with Gasteiger partial charge in [0.25, 0.3) is 5.91 Å². The van der Waals surface area contributed by atoms with E-state index in [0.717, 1.165) is 85.0 Å². The molecule has 0 aromatic rings. The van der Waals surface area contributed by atoms with E-state index in [9.17, 15) is 38.4 Å². The van der Waals surface area contributed by atoms with Crippen LogP contribution in [0.5, 0.6) is 0 Å². The van der Waals surface area contributed by atoms with Gasteiger partial charge in [0.2, 0.25) is 5.91 Å². The van der Waals surface area contributed by atoms with Crippen LogP contribution in [0.3, 0.4) is 0 Å². The van der Waals surface area contributed by atoms with Crippen LogP contribution >= 0.6 is 0 Å². The Morgan fingerprint density at radius 2 is 0.963 bits per heavy atom. The van der Waals surface area contributed by atoms with Gasteiger partial charge in [0.05, 0.1) is 12.6 Å². The van der Waals surface area contributed by atoms with E-state index in [-0.39, 0.29) is 12.8 Å². The zero-order valence-electron chi connectivity index (χ0n) is 51.8. The molecule has 1 saturated heterocycles. The SMILES string of the molecule is CCCCCCCCCCCCCCCCCCCCC(OC(C)=O)C(=O)NC(COC1OC(COC(C)=O)C(OC(C)=O)C(OC(C)=O)C1NC(C)=O)C(OC(C)=O)C(CC=CCCCCCCCCCCCC(C)C)OC(C)=O. The van der Waals surface area contributed by atoms with E-state index < -0.39 is 116 Å². The number of ether oxygens (including phenoxy) is 8. The number of esters is 6. The minimum Gasteiger partial charge on any atom is -0.463 e. The molecule has 0 aromatic heterocycles. The second-order valence-electron chi connectivity index (χ2n) is 22.6. The molecule has 81 heavy (non-hydrogen) atoms. The Bertz CT molecular complexity index is 1790. The van der Waals surface area contributed by atoms with Crippen molar-refractivity contribution in [2.24, 2.45) is 5.92 Å². The first-order valence-electron chi connectivity index (χ1n) is 31.2. The van der Waals surface area contributed by atoms with Crippen LogP contribution in [0.25, 0.3) is 0 Å². The van der Waals surface area contributed by atoms with Crippen molar-refractivity contribution in [3.05, 3.63) is 12.2 Å². The van der Waals surface area contributed by atoms with Crippen LogP contribution < -0.4 is 10.6 Å². The van der Waals surface area contributed by atoms with Gasteiger partial charge in [-0.05, 0) is 31.6 Å². The number of amides is 2. The van der Waals surface area contributed by atoms with Crippen molar-refractivity contribution in [1.82, 2.24) is 10.6 Å². The van der Waals surface area contributed by atoms with Crippen molar-refractivity contribution in [1.29, 1.82) is 0 Å². The molecular formula is C63H110N2O16. The quantitative estimate of drug-likeness (QED) is 0.0249. The summed E-state index contributed by atoms with van der Waals surface area (Å²) in [6.45, 7) is 13.8. The van der Waals surface area contributed by atoms with E-state index >= 15 is 0 Å². The number of hydrogen-bond donors (Lipinski definition) is 2. The smallest absolute Gasteiger partial charge is 0.303 e. The molecule has 1 aliphatic heterocycles. The molecule has 0 saturated carbocycles. The van der Waals surface area contributed by atoms with Gasteiger partial charge in [-0.15, -0.1) is 0 Å². The van der Waals surface area contributed by atoms with Crippen molar-refractivity contribution < 1.29 is 76.3 Å². The topological polar surface area (TPSA) is 234 Å². The Hall–Kier alpha value is -4.58. The number of carbonyl (C=O) groups is 8. The molecule has 0 aliphatic carbocycles. The number of unbranched alkanes of at least 4 members (excludes halogenated alkanes) is 26. The van der Waals surface area contributed by atoms with Gasteiger partial charge in [-0.3, -0.25) is 38.4 Å². The highest BCUT2D eigenvalue weighted by Gasteiger charge is 2.52. The van der Waals surface area contributed by atoms with Crippen LogP contribution in [0.15, 0.2) is 12.2 Å². The molecular weight excluding hydrogens is 1040 g/mol. The van der Waals surface area contributed by atoms with Gasteiger partial charge >= 0.3 is 35.8 Å². The summed E-state index contributed by atoms with van der Waals surface area (Å²) in [5.74, 6) is -5.10. The fraction of sp³-hybridized carbons (Fsp3) is 0.841. The van der Waals surface area contributed by atoms with Gasteiger partial charge < -0.3 is 48.5 Å². The van der Waals surface area contributed by atoms with Crippen LogP contribution in [-0.2, 0) is 76.3 Å². The monoisotopic (exact) mass is 1150 g/mol. The third kappa shape index (κ3) is 38.8. The molecule has 1 heterocycles. The minimum atomic E-state index is -1.58. The van der Waals surface area contributed by atoms with E-state index in [4.69, 9.17) is 37.9 Å². The highest BCUT2D eigenvalue weighted by molar-refractivity contribution is 5.83. The Balaban J connectivity index is 3.38. The molecule has 18 heteroatoms. The Kier molecular flexibility index (Phi) is 43.1. The molecule has 468 valence electrons. The third-order valence-corrected chi connectivity index (χ3v) is 14.3. The van der Waals surface area contributed by atoms with E-state index in [1.165, 1.54) is 149 Å². The van der Waals surface area contributed by atoms with Crippen molar-refractivity contribution >= 4 is 47.6 Å². The number of nitrogens with one attached hydrogen (secondary N) is 2. The van der Waals surface area contributed by atoms with Crippen molar-refractivity contribution in [2.75, 3.05) is 13.2 Å². The summed E-state index contributed by atoms with van der Waals surface area (Å²) in [7, 11) is 0. The maximum Gasteiger partial charge on any atom is 0.303 e. The molecule has 0 aromatic carbocycles. The van der Waals surface area contributed by atoms with E-state index in [0.29, 0.717) is 6.42 Å². The molecule has 1 aliphatic rings. The first-order chi connectivity index (χ1) is 38.7. The molecule has 2 N–H and O–H groups in total. The number of hydrogen-bond acceptors (Lipinski definition) is 16. The van der Waals surface area contributed by atoms with E-state index in [1.807, 2.05) is 12.2 Å². The summed E-state index contributed by atoms with van der Waals surface area (Å²) in [5, 5.41) is 5.52. The summed E-state index contributed by atoms with van der Waals surface area (Å²) < 4.78 is 46.5. The summed E-state index contributed by atoms with van der Waals surface area (Å²) in [6.07, 6.45) is 28.5. The zero-order valence-corrected chi connectivity index (χ0v) is 51.8. The third-order valence-electron chi connectivity index (χ3n) is 14.3. The van der Waals surface area contributed by atoms with Gasteiger partial charge in [0.1, 0.15) is 24.9 Å². The van der Waals surface area contributed by atoms with Gasteiger partial charge in [0, 0.05) is 54.9 Å². The molecule has 1 fully saturated rings. The fourth-order valence-corrected chi connectivity index (χ4v) is 10.3. The van der Waals surface area contributed by atoms with Crippen LogP contribution in [0.4, 0.5) is 0 Å². The van der Waals surface area contributed by atoms with Gasteiger partial charge in [-0.1, -0.05) is 200 Å². The van der Waals surface area contributed by atoms with Gasteiger partial charge in [0.15, 0.2) is 30.7 Å². The molecule has 2 amide bonds. The normalized spacial score (nSPS) is 18.5. The number of rotatable bonds is 48. The summed E-state index contributed by atoms with van der Waals surface area (Å²) in [4.78, 5) is 103. The highest BCUT2D eigenvalue weighted by atomic mass is 16.7. The van der Waals surface area contributed by atoms with Crippen molar-refractivity contribution in [3.8, 4) is 0 Å². The van der Waals surface area contributed by atoms with Crippen LogP contribution in [0, 0.1) is 5.92 Å². The Morgan fingerprint density at radius 3 is 1.41 bits per heavy atom. The largest absolute Gasteiger partial charge is 0.463 e. The summed E-state index contributed by atoms with van der Waals surface area (Å²) in [5.41, 5.74) is 0. The molecule has 0 spiro atoms. The van der Waals surface area contributed by atoms with E-state index in [1.54, 1.807) is 0 Å². The van der Waals surface area contributed by atoms with Crippen LogP contribution in [0.2, 0.25) is 0 Å². The lowest BCUT2D eigenvalue weighted by Gasteiger charge is -2.45. The highest BCUT2D eigenvalue weighted by Crippen LogP contribution is 2.29. The summed E-state index contributed by atoms with van der Waals surface area (Å²) >= 11 is 0. The average Bonchev–Trinajstić information content (AvgIpc) is 3.38. The lowest BCUT2D eigenvalue weighted by molar-refractivity contribution is -0.280. The number of allylic oxidation sites excluding steroid dienone is 1. The van der Waals surface area contributed by atoms with Gasteiger partial charge in [-0.25, -0.2) is 0 Å². The first-order valence-corrected chi connectivity index (χ1v) is 31.2. The predicted octanol–water partition coefficient (Wildman–Crippen LogP) is 12.3. The van der Waals surface area contributed by atoms with Crippen molar-refractivity contribution in [2.45, 2.75) is 323 Å². The minimum absolute atomic E-state index is 0.0604. The molecule has 1 rings (SSSR count). The average molecular weight is 1150 g/mol. The maximum atomic E-state index is 14.5. The number of carbonyl (C=O) groups excluding carboxylic acids is 8. The standard InChI is InChI=1S/C63H110N2O16/c1-11-12-13-14-15-16-17-18-19-20-21-22-23-28-31-34-37-40-43-56(77-50(7)69)62(73)65-54(44-75-63-58(64-47(4)66)61(80-53(10)72)60(79-52(9)71)57(81-63)45-74-48(5)67)59(78-51(8)70)55(76-49(6)68)42-39-36-33-30-27-25-24-26-29-32-35-38-41-46(2)3/h36,39,46,54-61,63H,11-35,37-38,40-45H2,1-10H3,(H,64,66)(H,65,73).